The van der Waals surface area contributed by atoms with Crippen LogP contribution in [0.3, 0.4) is 0 Å². The minimum absolute atomic E-state index is 0.250. The van der Waals surface area contributed by atoms with Gasteiger partial charge in [-0.3, -0.25) is 0 Å². The number of rotatable bonds is 5. The summed E-state index contributed by atoms with van der Waals surface area (Å²) in [5.41, 5.74) is 7.23. The normalized spacial score (nSPS) is 10.8. The van der Waals surface area contributed by atoms with E-state index in [2.05, 4.69) is 41.4 Å². The zero-order valence-electron chi connectivity index (χ0n) is 17.2. The van der Waals surface area contributed by atoms with Crippen LogP contribution in [0, 0.1) is 0 Å². The number of nitrogens with zero attached hydrogens (tertiary/aromatic N) is 1. The van der Waals surface area contributed by atoms with E-state index >= 15 is 0 Å². The maximum Gasteiger partial charge on any atom is 0.335 e. The summed E-state index contributed by atoms with van der Waals surface area (Å²) in [6.45, 7) is 0. The molecule has 4 nitrogen and oxygen atoms in total. The standard InChI is InChI=1S/C28H20N2O2/c31-28(32)24-17-15-23(16-18-24)27-29-25(21-9-5-2-6-10-21)26(30-27)22-13-11-20(12-14-22)19-7-3-1-4-8-19/h1-18H,(H,29,30)(H,31,32). The first-order valence-electron chi connectivity index (χ1n) is 10.3. The Kier molecular flexibility index (Phi) is 5.10. The van der Waals surface area contributed by atoms with E-state index in [0.717, 1.165) is 33.6 Å². The fourth-order valence-electron chi connectivity index (χ4n) is 3.75. The van der Waals surface area contributed by atoms with Crippen LogP contribution in [0.5, 0.6) is 0 Å². The zero-order valence-corrected chi connectivity index (χ0v) is 17.2. The summed E-state index contributed by atoms with van der Waals surface area (Å²) in [7, 11) is 0. The van der Waals surface area contributed by atoms with E-state index in [1.165, 1.54) is 5.56 Å². The minimum Gasteiger partial charge on any atom is -0.478 e. The fraction of sp³-hybridized carbons (Fsp3) is 0. The molecule has 0 saturated heterocycles. The number of aromatic carboxylic acids is 1. The smallest absolute Gasteiger partial charge is 0.335 e. The molecule has 0 aliphatic rings. The van der Waals surface area contributed by atoms with Crippen molar-refractivity contribution in [3.05, 3.63) is 115 Å². The van der Waals surface area contributed by atoms with Crippen molar-refractivity contribution in [2.75, 3.05) is 0 Å². The third-order valence-corrected chi connectivity index (χ3v) is 5.44. The molecule has 0 fully saturated rings. The van der Waals surface area contributed by atoms with Crippen molar-refractivity contribution >= 4 is 5.97 Å². The number of nitrogens with one attached hydrogen (secondary N) is 1. The van der Waals surface area contributed by atoms with Gasteiger partial charge in [-0.2, -0.15) is 0 Å². The molecule has 1 heterocycles. The molecule has 4 aromatic carbocycles. The molecule has 0 radical (unpaired) electrons. The predicted molar refractivity (Wildman–Crippen MR) is 127 cm³/mol. The number of imidazole rings is 1. The van der Waals surface area contributed by atoms with E-state index in [-0.39, 0.29) is 5.56 Å². The van der Waals surface area contributed by atoms with Crippen LogP contribution in [0.1, 0.15) is 10.4 Å². The van der Waals surface area contributed by atoms with Gasteiger partial charge < -0.3 is 10.1 Å². The number of aromatic amines is 1. The van der Waals surface area contributed by atoms with E-state index < -0.39 is 5.97 Å². The van der Waals surface area contributed by atoms with Crippen molar-refractivity contribution in [2.24, 2.45) is 0 Å². The first-order chi connectivity index (χ1) is 15.7. The number of carbonyl (C=O) groups is 1. The molecule has 0 atom stereocenters. The number of aromatic nitrogens is 2. The van der Waals surface area contributed by atoms with Gasteiger partial charge in [-0.1, -0.05) is 97.1 Å². The van der Waals surface area contributed by atoms with Crippen LogP contribution < -0.4 is 0 Å². The fourth-order valence-corrected chi connectivity index (χ4v) is 3.75. The Morgan fingerprint density at radius 2 is 1.09 bits per heavy atom. The average molecular weight is 416 g/mol. The number of hydrogen-bond acceptors (Lipinski definition) is 2. The molecule has 32 heavy (non-hydrogen) atoms. The molecule has 4 heteroatoms. The van der Waals surface area contributed by atoms with Gasteiger partial charge in [-0.25, -0.2) is 9.78 Å². The largest absolute Gasteiger partial charge is 0.478 e. The summed E-state index contributed by atoms with van der Waals surface area (Å²) in [6, 6.07) is 35.5. The van der Waals surface area contributed by atoms with Crippen molar-refractivity contribution in [2.45, 2.75) is 0 Å². The summed E-state index contributed by atoms with van der Waals surface area (Å²) in [5.74, 6) is -0.247. The molecular formula is C28H20N2O2. The van der Waals surface area contributed by atoms with Crippen LogP contribution in [0.15, 0.2) is 109 Å². The second-order valence-electron chi connectivity index (χ2n) is 7.50. The molecule has 0 spiro atoms. The molecule has 2 N–H and O–H groups in total. The molecule has 0 aliphatic heterocycles. The van der Waals surface area contributed by atoms with Crippen LogP contribution in [-0.4, -0.2) is 21.0 Å². The molecule has 1 aromatic heterocycles. The van der Waals surface area contributed by atoms with E-state index in [9.17, 15) is 9.90 Å². The quantitative estimate of drug-likeness (QED) is 0.332. The van der Waals surface area contributed by atoms with Crippen LogP contribution in [0.4, 0.5) is 0 Å². The molecule has 0 amide bonds. The highest BCUT2D eigenvalue weighted by atomic mass is 16.4. The molecule has 0 saturated carbocycles. The second-order valence-corrected chi connectivity index (χ2v) is 7.50. The van der Waals surface area contributed by atoms with Crippen molar-refractivity contribution in [3.8, 4) is 45.0 Å². The summed E-state index contributed by atoms with van der Waals surface area (Å²) in [5, 5.41) is 9.17. The lowest BCUT2D eigenvalue weighted by molar-refractivity contribution is 0.0697. The highest BCUT2D eigenvalue weighted by molar-refractivity contribution is 5.88. The number of hydrogen-bond donors (Lipinski definition) is 2. The highest BCUT2D eigenvalue weighted by Crippen LogP contribution is 2.34. The van der Waals surface area contributed by atoms with E-state index in [1.54, 1.807) is 24.3 Å². The molecule has 5 rings (SSSR count). The number of benzene rings is 4. The zero-order chi connectivity index (χ0) is 21.9. The van der Waals surface area contributed by atoms with Gasteiger partial charge in [0.15, 0.2) is 0 Å². The van der Waals surface area contributed by atoms with E-state index in [1.807, 2.05) is 48.5 Å². The monoisotopic (exact) mass is 416 g/mol. The lowest BCUT2D eigenvalue weighted by Crippen LogP contribution is -1.95. The first-order valence-corrected chi connectivity index (χ1v) is 10.3. The van der Waals surface area contributed by atoms with Gasteiger partial charge in [-0.05, 0) is 23.3 Å². The van der Waals surface area contributed by atoms with Crippen LogP contribution in [-0.2, 0) is 0 Å². The number of carboxylic acids is 1. The Morgan fingerprint density at radius 3 is 1.69 bits per heavy atom. The Balaban J connectivity index is 1.58. The van der Waals surface area contributed by atoms with Crippen LogP contribution >= 0.6 is 0 Å². The van der Waals surface area contributed by atoms with Crippen LogP contribution in [0.25, 0.3) is 45.0 Å². The Hall–Kier alpha value is -4.44. The maximum absolute atomic E-state index is 11.2. The number of H-pyrrole nitrogens is 1. The van der Waals surface area contributed by atoms with E-state index in [4.69, 9.17) is 4.98 Å². The summed E-state index contributed by atoms with van der Waals surface area (Å²) < 4.78 is 0. The third-order valence-electron chi connectivity index (χ3n) is 5.44. The molecule has 0 bridgehead atoms. The lowest BCUT2D eigenvalue weighted by Gasteiger charge is -2.06. The summed E-state index contributed by atoms with van der Waals surface area (Å²) >= 11 is 0. The highest BCUT2D eigenvalue weighted by Gasteiger charge is 2.16. The first kappa shape index (κ1) is 19.5. The predicted octanol–water partition coefficient (Wildman–Crippen LogP) is 6.78. The minimum atomic E-state index is -0.944. The van der Waals surface area contributed by atoms with Gasteiger partial charge in [0, 0.05) is 16.7 Å². The maximum atomic E-state index is 11.2. The van der Waals surface area contributed by atoms with Crippen molar-refractivity contribution in [3.63, 3.8) is 0 Å². The van der Waals surface area contributed by atoms with Gasteiger partial charge in [0.1, 0.15) is 5.82 Å². The topological polar surface area (TPSA) is 66.0 Å². The van der Waals surface area contributed by atoms with E-state index in [0.29, 0.717) is 5.82 Å². The SMILES string of the molecule is O=C(O)c1ccc(-c2nc(-c3ccccc3)c(-c3ccc(-c4ccccc4)cc3)[nH]2)cc1. The Labute approximate surface area is 185 Å². The Bertz CT molecular complexity index is 1360. The number of carboxylic acid groups (broad SMARTS) is 1. The average Bonchev–Trinajstić information content (AvgIpc) is 3.31. The molecule has 154 valence electrons. The Morgan fingerprint density at radius 1 is 0.594 bits per heavy atom. The third kappa shape index (κ3) is 3.82. The van der Waals surface area contributed by atoms with Crippen LogP contribution in [0.2, 0.25) is 0 Å². The van der Waals surface area contributed by atoms with Gasteiger partial charge >= 0.3 is 5.97 Å². The summed E-state index contributed by atoms with van der Waals surface area (Å²) in [4.78, 5) is 19.5. The molecular weight excluding hydrogens is 396 g/mol. The van der Waals surface area contributed by atoms with Gasteiger partial charge in [0.25, 0.3) is 0 Å². The molecule has 0 aliphatic carbocycles. The second kappa shape index (κ2) is 8.36. The van der Waals surface area contributed by atoms with Gasteiger partial charge in [0.2, 0.25) is 0 Å². The molecule has 5 aromatic rings. The lowest BCUT2D eigenvalue weighted by atomic mass is 10.0. The van der Waals surface area contributed by atoms with Gasteiger partial charge in [-0.15, -0.1) is 0 Å². The van der Waals surface area contributed by atoms with Gasteiger partial charge in [0.05, 0.1) is 17.0 Å². The van der Waals surface area contributed by atoms with Crippen molar-refractivity contribution < 1.29 is 9.90 Å². The van der Waals surface area contributed by atoms with Crippen molar-refractivity contribution in [1.82, 2.24) is 9.97 Å². The van der Waals surface area contributed by atoms with Crippen molar-refractivity contribution in [1.29, 1.82) is 0 Å². The molecule has 0 unspecified atom stereocenters. The summed E-state index contributed by atoms with van der Waals surface area (Å²) in [6.07, 6.45) is 0.